The molecule has 1 aliphatic heterocycles. The fourth-order valence-electron chi connectivity index (χ4n) is 2.32. The minimum absolute atomic E-state index is 0.275. The second kappa shape index (κ2) is 4.59. The Labute approximate surface area is 119 Å². The van der Waals surface area contributed by atoms with Crippen LogP contribution in [-0.2, 0) is 6.54 Å². The lowest BCUT2D eigenvalue weighted by Crippen LogP contribution is -1.99. The number of aromatic amines is 1. The Balaban J connectivity index is 1.53. The second-order valence-corrected chi connectivity index (χ2v) is 4.77. The Morgan fingerprint density at radius 1 is 1.10 bits per heavy atom. The fourth-order valence-corrected chi connectivity index (χ4v) is 2.32. The molecule has 1 aliphatic rings. The Morgan fingerprint density at radius 3 is 2.95 bits per heavy atom. The third-order valence-corrected chi connectivity index (χ3v) is 3.35. The molecule has 0 saturated carbocycles. The van der Waals surface area contributed by atoms with Crippen LogP contribution in [0, 0.1) is 0 Å². The van der Waals surface area contributed by atoms with Gasteiger partial charge in [0.15, 0.2) is 17.1 Å². The van der Waals surface area contributed by atoms with Crippen LogP contribution in [0.4, 0.5) is 5.69 Å². The molecule has 21 heavy (non-hydrogen) atoms. The van der Waals surface area contributed by atoms with Gasteiger partial charge in [0.05, 0.1) is 5.52 Å². The molecule has 106 valence electrons. The molecule has 2 heterocycles. The van der Waals surface area contributed by atoms with Crippen molar-refractivity contribution in [1.29, 1.82) is 0 Å². The summed E-state index contributed by atoms with van der Waals surface area (Å²) in [5.41, 5.74) is 3.21. The molecule has 2 N–H and O–H groups in total. The van der Waals surface area contributed by atoms with E-state index in [-0.39, 0.29) is 6.79 Å². The summed E-state index contributed by atoms with van der Waals surface area (Å²) < 4.78 is 15.6. The number of nitrogens with one attached hydrogen (secondary N) is 2. The molecule has 0 aliphatic carbocycles. The van der Waals surface area contributed by atoms with Crippen LogP contribution in [0.2, 0.25) is 0 Å². The summed E-state index contributed by atoms with van der Waals surface area (Å²) in [6, 6.07) is 11.3. The van der Waals surface area contributed by atoms with E-state index < -0.39 is 5.76 Å². The number of hydrogen-bond acceptors (Lipinski definition) is 5. The highest BCUT2D eigenvalue weighted by Gasteiger charge is 2.13. The summed E-state index contributed by atoms with van der Waals surface area (Å²) in [6.07, 6.45) is 0. The maximum absolute atomic E-state index is 11.1. The van der Waals surface area contributed by atoms with E-state index in [9.17, 15) is 4.79 Å². The van der Waals surface area contributed by atoms with Crippen LogP contribution in [0.3, 0.4) is 0 Å². The van der Waals surface area contributed by atoms with Gasteiger partial charge in [-0.2, -0.15) is 0 Å². The topological polar surface area (TPSA) is 76.5 Å². The molecule has 0 radical (unpaired) electrons. The Bertz CT molecular complexity index is 865. The summed E-state index contributed by atoms with van der Waals surface area (Å²) in [5.74, 6) is 1.10. The van der Waals surface area contributed by atoms with Crippen molar-refractivity contribution in [3.05, 3.63) is 52.5 Å². The molecule has 4 rings (SSSR count). The number of oxazole rings is 1. The van der Waals surface area contributed by atoms with Crippen molar-refractivity contribution < 1.29 is 13.9 Å². The molecule has 0 amide bonds. The van der Waals surface area contributed by atoms with Crippen LogP contribution >= 0.6 is 0 Å². The molecule has 6 nitrogen and oxygen atoms in total. The summed E-state index contributed by atoms with van der Waals surface area (Å²) in [5, 5.41) is 3.29. The summed E-state index contributed by atoms with van der Waals surface area (Å²) in [6.45, 7) is 0.918. The first kappa shape index (κ1) is 11.9. The van der Waals surface area contributed by atoms with Crippen LogP contribution < -0.4 is 20.5 Å². The number of fused-ring (bicyclic) bond motifs is 2. The lowest BCUT2D eigenvalue weighted by Gasteiger charge is -2.07. The zero-order valence-corrected chi connectivity index (χ0v) is 11.0. The Morgan fingerprint density at radius 2 is 2.00 bits per heavy atom. The van der Waals surface area contributed by atoms with Crippen LogP contribution in [0.25, 0.3) is 11.1 Å². The first-order chi connectivity index (χ1) is 10.3. The van der Waals surface area contributed by atoms with E-state index in [2.05, 4.69) is 10.3 Å². The smallest absolute Gasteiger partial charge is 0.417 e. The van der Waals surface area contributed by atoms with Gasteiger partial charge in [0, 0.05) is 12.2 Å². The van der Waals surface area contributed by atoms with Crippen molar-refractivity contribution in [3.8, 4) is 11.5 Å². The van der Waals surface area contributed by atoms with Gasteiger partial charge in [-0.3, -0.25) is 4.98 Å². The summed E-state index contributed by atoms with van der Waals surface area (Å²) >= 11 is 0. The monoisotopic (exact) mass is 284 g/mol. The van der Waals surface area contributed by atoms with E-state index in [1.807, 2.05) is 30.3 Å². The lowest BCUT2D eigenvalue weighted by molar-refractivity contribution is 0.174. The van der Waals surface area contributed by atoms with E-state index in [0.717, 1.165) is 22.7 Å². The molecule has 0 atom stereocenters. The predicted molar refractivity (Wildman–Crippen MR) is 76.7 cm³/mol. The number of aromatic nitrogens is 1. The van der Waals surface area contributed by atoms with Gasteiger partial charge < -0.3 is 19.2 Å². The molecular formula is C15H12N2O4. The fraction of sp³-hybridized carbons (Fsp3) is 0.133. The van der Waals surface area contributed by atoms with Gasteiger partial charge in [0.1, 0.15) is 0 Å². The Kier molecular flexibility index (Phi) is 2.60. The minimum atomic E-state index is -0.446. The number of ether oxygens (including phenoxy) is 2. The average Bonchev–Trinajstić information content (AvgIpc) is 3.08. The van der Waals surface area contributed by atoms with E-state index in [1.165, 1.54) is 0 Å². The van der Waals surface area contributed by atoms with Crippen molar-refractivity contribution >= 4 is 16.8 Å². The first-order valence-electron chi connectivity index (χ1n) is 6.53. The predicted octanol–water partition coefficient (Wildman–Crippen LogP) is 2.46. The number of H-pyrrole nitrogens is 1. The van der Waals surface area contributed by atoms with Crippen LogP contribution in [0.1, 0.15) is 5.56 Å². The number of rotatable bonds is 3. The molecule has 1 aromatic heterocycles. The van der Waals surface area contributed by atoms with Gasteiger partial charge in [0.2, 0.25) is 6.79 Å². The largest absolute Gasteiger partial charge is 0.454 e. The van der Waals surface area contributed by atoms with E-state index in [4.69, 9.17) is 13.9 Å². The number of anilines is 1. The van der Waals surface area contributed by atoms with Crippen molar-refractivity contribution in [2.75, 3.05) is 12.1 Å². The third kappa shape index (κ3) is 2.20. The van der Waals surface area contributed by atoms with E-state index >= 15 is 0 Å². The molecule has 3 aromatic rings. The summed E-state index contributed by atoms with van der Waals surface area (Å²) in [4.78, 5) is 13.8. The molecular weight excluding hydrogens is 272 g/mol. The highest BCUT2D eigenvalue weighted by atomic mass is 16.7. The first-order valence-corrected chi connectivity index (χ1v) is 6.53. The lowest BCUT2D eigenvalue weighted by atomic mass is 10.2. The molecule has 0 saturated heterocycles. The third-order valence-electron chi connectivity index (χ3n) is 3.35. The molecule has 0 spiro atoms. The standard InChI is InChI=1S/C15H12N2O4/c18-15-17-11-6-10(2-4-12(11)21-15)16-7-9-1-3-13-14(5-9)20-8-19-13/h1-6,16H,7-8H2,(H,17,18). The SMILES string of the molecule is O=c1[nH]c2cc(NCc3ccc4c(c3)OCO4)ccc2o1. The zero-order valence-electron chi connectivity index (χ0n) is 11.0. The van der Waals surface area contributed by atoms with Gasteiger partial charge in [0.25, 0.3) is 0 Å². The second-order valence-electron chi connectivity index (χ2n) is 4.77. The Hall–Kier alpha value is -2.89. The average molecular weight is 284 g/mol. The van der Waals surface area contributed by atoms with Crippen molar-refractivity contribution in [1.82, 2.24) is 4.98 Å². The van der Waals surface area contributed by atoms with Crippen molar-refractivity contribution in [2.45, 2.75) is 6.54 Å². The quantitative estimate of drug-likeness (QED) is 0.772. The van der Waals surface area contributed by atoms with Gasteiger partial charge >= 0.3 is 5.76 Å². The van der Waals surface area contributed by atoms with E-state index in [0.29, 0.717) is 17.6 Å². The van der Waals surface area contributed by atoms with Gasteiger partial charge in [-0.15, -0.1) is 0 Å². The van der Waals surface area contributed by atoms with Gasteiger partial charge in [-0.1, -0.05) is 6.07 Å². The van der Waals surface area contributed by atoms with Crippen LogP contribution in [0.5, 0.6) is 11.5 Å². The maximum atomic E-state index is 11.1. The van der Waals surface area contributed by atoms with Gasteiger partial charge in [-0.25, -0.2) is 4.79 Å². The van der Waals surface area contributed by atoms with Crippen molar-refractivity contribution in [2.24, 2.45) is 0 Å². The molecule has 0 fully saturated rings. The molecule has 6 heteroatoms. The van der Waals surface area contributed by atoms with Gasteiger partial charge in [-0.05, 0) is 35.9 Å². The van der Waals surface area contributed by atoms with E-state index in [1.54, 1.807) is 6.07 Å². The zero-order chi connectivity index (χ0) is 14.2. The minimum Gasteiger partial charge on any atom is -0.454 e. The maximum Gasteiger partial charge on any atom is 0.417 e. The molecule has 2 aromatic carbocycles. The highest BCUT2D eigenvalue weighted by molar-refractivity contribution is 5.76. The van der Waals surface area contributed by atoms with Crippen LogP contribution in [-0.4, -0.2) is 11.8 Å². The summed E-state index contributed by atoms with van der Waals surface area (Å²) in [7, 11) is 0. The number of hydrogen-bond donors (Lipinski definition) is 2. The van der Waals surface area contributed by atoms with Crippen molar-refractivity contribution in [3.63, 3.8) is 0 Å². The molecule has 0 bridgehead atoms. The number of benzene rings is 2. The molecule has 0 unspecified atom stereocenters. The highest BCUT2D eigenvalue weighted by Crippen LogP contribution is 2.32. The normalized spacial score (nSPS) is 12.8. The van der Waals surface area contributed by atoms with Crippen LogP contribution in [0.15, 0.2) is 45.6 Å².